The van der Waals surface area contributed by atoms with Crippen molar-refractivity contribution in [2.75, 3.05) is 19.8 Å². The standard InChI is InChI=1S/C55H90O5/c1-4-7-10-13-16-19-22-24-26-27-28-29-30-31-34-36-39-42-45-48-54(56)59-52-53(60-55(57)49-46-43-40-37-33-21-18-15-12-9-6-3)51-58-50-47-44-41-38-35-32-25-23-20-17-14-11-8-5-2/h7-8,10-11,16-17,19-20,24-26,28-29,31-32,34,39,42,53H,4-6,9,12-15,18,21-23,27,30,33,35-38,40-41,43-52H2,1-3H3/b10-7-,11-8-,19-16-,20-17-,26-24-,29-28-,32-25-,34-31-,42-39-. The molecule has 340 valence electrons. The molecule has 0 aliphatic heterocycles. The van der Waals surface area contributed by atoms with E-state index >= 15 is 0 Å². The SMILES string of the molecule is CC/C=C\C/C=C\C/C=C\C/C=C\C/C=C\C/C=C\CCC(=O)OCC(COCCCCCC/C=C\C/C=C\C/C=C\CC)OC(=O)CCCCCCCCCCCCC. The van der Waals surface area contributed by atoms with Crippen molar-refractivity contribution in [1.29, 1.82) is 0 Å². The number of ether oxygens (including phenoxy) is 3. The van der Waals surface area contributed by atoms with E-state index in [1.54, 1.807) is 0 Å². The number of esters is 2. The Hall–Kier alpha value is -3.44. The fourth-order valence-corrected chi connectivity index (χ4v) is 6.25. The van der Waals surface area contributed by atoms with Crippen LogP contribution in [0.5, 0.6) is 0 Å². The molecule has 0 aliphatic rings. The summed E-state index contributed by atoms with van der Waals surface area (Å²) in [4.78, 5) is 25.3. The summed E-state index contributed by atoms with van der Waals surface area (Å²) in [6.07, 6.45) is 68.2. The molecular formula is C55H90O5. The van der Waals surface area contributed by atoms with Crippen molar-refractivity contribution in [3.05, 3.63) is 109 Å². The van der Waals surface area contributed by atoms with E-state index in [1.807, 2.05) is 6.08 Å². The van der Waals surface area contributed by atoms with Gasteiger partial charge in [0.25, 0.3) is 0 Å². The smallest absolute Gasteiger partial charge is 0.306 e. The quantitative estimate of drug-likeness (QED) is 0.0348. The number of hydrogen-bond donors (Lipinski definition) is 0. The Morgan fingerprint density at radius 2 is 0.783 bits per heavy atom. The number of rotatable bonds is 43. The molecule has 1 atom stereocenters. The van der Waals surface area contributed by atoms with Gasteiger partial charge in [0.05, 0.1) is 6.61 Å². The van der Waals surface area contributed by atoms with Crippen LogP contribution in [0.15, 0.2) is 109 Å². The van der Waals surface area contributed by atoms with Crippen molar-refractivity contribution in [3.63, 3.8) is 0 Å². The molecule has 5 heteroatoms. The van der Waals surface area contributed by atoms with E-state index in [2.05, 4.69) is 124 Å². The van der Waals surface area contributed by atoms with Crippen LogP contribution in [0.25, 0.3) is 0 Å². The van der Waals surface area contributed by atoms with E-state index in [-0.39, 0.29) is 25.2 Å². The minimum absolute atomic E-state index is 0.0313. The second-order valence-electron chi connectivity index (χ2n) is 15.6. The van der Waals surface area contributed by atoms with Crippen LogP contribution in [-0.4, -0.2) is 37.9 Å². The Morgan fingerprint density at radius 1 is 0.383 bits per heavy atom. The van der Waals surface area contributed by atoms with Crippen LogP contribution in [0.3, 0.4) is 0 Å². The molecule has 0 aromatic heterocycles. The predicted octanol–water partition coefficient (Wildman–Crippen LogP) is 16.4. The summed E-state index contributed by atoms with van der Waals surface area (Å²) in [6.45, 7) is 7.45. The molecule has 0 aliphatic carbocycles. The maximum atomic E-state index is 12.7. The Balaban J connectivity index is 4.41. The zero-order valence-electron chi connectivity index (χ0n) is 38.9. The van der Waals surface area contributed by atoms with Gasteiger partial charge < -0.3 is 14.2 Å². The van der Waals surface area contributed by atoms with E-state index in [0.717, 1.165) is 103 Å². The number of unbranched alkanes of at least 4 members (excludes halogenated alkanes) is 14. The molecule has 0 heterocycles. The first-order valence-corrected chi connectivity index (χ1v) is 24.4. The lowest BCUT2D eigenvalue weighted by Crippen LogP contribution is -2.30. The normalized spacial score (nSPS) is 13.2. The topological polar surface area (TPSA) is 61.8 Å². The molecule has 0 radical (unpaired) electrons. The molecule has 0 aromatic carbocycles. The highest BCUT2D eigenvalue weighted by Gasteiger charge is 2.17. The lowest BCUT2D eigenvalue weighted by Gasteiger charge is -2.18. The molecule has 0 saturated heterocycles. The van der Waals surface area contributed by atoms with Crippen molar-refractivity contribution in [2.45, 2.75) is 207 Å². The minimum atomic E-state index is -0.582. The van der Waals surface area contributed by atoms with Crippen LogP contribution in [0.4, 0.5) is 0 Å². The second-order valence-corrected chi connectivity index (χ2v) is 15.6. The first-order valence-electron chi connectivity index (χ1n) is 24.4. The highest BCUT2D eigenvalue weighted by atomic mass is 16.6. The third kappa shape index (κ3) is 47.2. The van der Waals surface area contributed by atoms with Crippen molar-refractivity contribution in [2.24, 2.45) is 0 Å². The van der Waals surface area contributed by atoms with Crippen LogP contribution >= 0.6 is 0 Å². The molecule has 60 heavy (non-hydrogen) atoms. The first-order chi connectivity index (χ1) is 29.6. The molecule has 0 spiro atoms. The minimum Gasteiger partial charge on any atom is -0.462 e. The van der Waals surface area contributed by atoms with E-state index in [1.165, 1.54) is 57.8 Å². The zero-order valence-corrected chi connectivity index (χ0v) is 38.9. The van der Waals surface area contributed by atoms with Gasteiger partial charge >= 0.3 is 11.9 Å². The summed E-state index contributed by atoms with van der Waals surface area (Å²) in [5.74, 6) is -0.513. The summed E-state index contributed by atoms with van der Waals surface area (Å²) < 4.78 is 17.3. The lowest BCUT2D eigenvalue weighted by molar-refractivity contribution is -0.162. The van der Waals surface area contributed by atoms with E-state index in [9.17, 15) is 9.59 Å². The Morgan fingerprint density at radius 3 is 1.27 bits per heavy atom. The number of allylic oxidation sites excluding steroid dienone is 18. The van der Waals surface area contributed by atoms with Gasteiger partial charge in [0.15, 0.2) is 6.10 Å². The summed E-state index contributed by atoms with van der Waals surface area (Å²) in [7, 11) is 0. The van der Waals surface area contributed by atoms with Gasteiger partial charge in [-0.1, -0.05) is 207 Å². The molecule has 0 amide bonds. The average Bonchev–Trinajstić information content (AvgIpc) is 3.25. The van der Waals surface area contributed by atoms with Gasteiger partial charge in [-0.2, -0.15) is 0 Å². The van der Waals surface area contributed by atoms with Gasteiger partial charge in [-0.05, 0) is 89.9 Å². The molecule has 1 unspecified atom stereocenters. The summed E-state index contributed by atoms with van der Waals surface area (Å²) in [5, 5.41) is 0. The lowest BCUT2D eigenvalue weighted by atomic mass is 10.1. The number of hydrogen-bond acceptors (Lipinski definition) is 5. The molecule has 0 bridgehead atoms. The molecule has 0 saturated carbocycles. The van der Waals surface area contributed by atoms with E-state index < -0.39 is 6.10 Å². The van der Waals surface area contributed by atoms with E-state index in [4.69, 9.17) is 14.2 Å². The third-order valence-electron chi connectivity index (χ3n) is 9.82. The Labute approximate surface area is 370 Å². The first kappa shape index (κ1) is 56.6. The molecule has 0 aromatic rings. The van der Waals surface area contributed by atoms with Crippen LogP contribution in [0, 0.1) is 0 Å². The van der Waals surface area contributed by atoms with Gasteiger partial charge in [-0.25, -0.2) is 0 Å². The fraction of sp³-hybridized carbons (Fsp3) is 0.636. The zero-order chi connectivity index (χ0) is 43.5. The monoisotopic (exact) mass is 831 g/mol. The van der Waals surface area contributed by atoms with Gasteiger partial charge in [-0.15, -0.1) is 0 Å². The second kappa shape index (κ2) is 49.9. The maximum Gasteiger partial charge on any atom is 0.306 e. The van der Waals surface area contributed by atoms with Crippen molar-refractivity contribution in [3.8, 4) is 0 Å². The van der Waals surface area contributed by atoms with Crippen LogP contribution in [0.2, 0.25) is 0 Å². The highest BCUT2D eigenvalue weighted by Crippen LogP contribution is 2.13. The summed E-state index contributed by atoms with van der Waals surface area (Å²) >= 11 is 0. The molecule has 0 fully saturated rings. The molecule has 0 rings (SSSR count). The van der Waals surface area contributed by atoms with Crippen molar-refractivity contribution in [1.82, 2.24) is 0 Å². The van der Waals surface area contributed by atoms with Gasteiger partial charge in [-0.3, -0.25) is 9.59 Å². The molecular weight excluding hydrogens is 741 g/mol. The number of carbonyl (C=O) groups excluding carboxylic acids is 2. The van der Waals surface area contributed by atoms with Gasteiger partial charge in [0.1, 0.15) is 6.61 Å². The van der Waals surface area contributed by atoms with Gasteiger partial charge in [0.2, 0.25) is 0 Å². The fourth-order valence-electron chi connectivity index (χ4n) is 6.25. The van der Waals surface area contributed by atoms with Crippen molar-refractivity contribution < 1.29 is 23.8 Å². The third-order valence-corrected chi connectivity index (χ3v) is 9.82. The van der Waals surface area contributed by atoms with Crippen molar-refractivity contribution >= 4 is 11.9 Å². The van der Waals surface area contributed by atoms with Gasteiger partial charge in [0, 0.05) is 19.4 Å². The maximum absolute atomic E-state index is 12.7. The van der Waals surface area contributed by atoms with Crippen LogP contribution < -0.4 is 0 Å². The predicted molar refractivity (Wildman–Crippen MR) is 260 cm³/mol. The Bertz CT molecular complexity index is 1210. The largest absolute Gasteiger partial charge is 0.462 e. The molecule has 0 N–H and O–H groups in total. The highest BCUT2D eigenvalue weighted by molar-refractivity contribution is 5.70. The summed E-state index contributed by atoms with van der Waals surface area (Å²) in [5.41, 5.74) is 0. The molecule has 5 nitrogen and oxygen atoms in total. The summed E-state index contributed by atoms with van der Waals surface area (Å²) in [6, 6.07) is 0. The van der Waals surface area contributed by atoms with Crippen LogP contribution in [-0.2, 0) is 23.8 Å². The Kier molecular flexibility index (Phi) is 47.1. The number of carbonyl (C=O) groups is 2. The van der Waals surface area contributed by atoms with E-state index in [0.29, 0.717) is 25.9 Å². The van der Waals surface area contributed by atoms with Crippen LogP contribution in [0.1, 0.15) is 201 Å². The average molecular weight is 831 g/mol.